The summed E-state index contributed by atoms with van der Waals surface area (Å²) in [5.74, 6) is -0.661. The van der Waals surface area contributed by atoms with Crippen molar-refractivity contribution in [1.82, 2.24) is 0 Å². The molecule has 2 rings (SSSR count). The molecular formula is C19H19F3O5. The zero-order chi connectivity index (χ0) is 20.0. The Hall–Kier alpha value is -2.90. The van der Waals surface area contributed by atoms with Crippen molar-refractivity contribution in [3.8, 4) is 17.2 Å². The number of carbonyl (C=O) groups is 1. The highest BCUT2D eigenvalue weighted by Gasteiger charge is 2.43. The van der Waals surface area contributed by atoms with E-state index in [1.807, 2.05) is 0 Å². The molecule has 2 aromatic carbocycles. The van der Waals surface area contributed by atoms with Gasteiger partial charge in [-0.25, -0.2) is 4.79 Å². The Labute approximate surface area is 154 Å². The Kier molecular flexibility index (Phi) is 6.55. The fourth-order valence-corrected chi connectivity index (χ4v) is 2.45. The van der Waals surface area contributed by atoms with Crippen molar-refractivity contribution < 1.29 is 36.9 Å². The van der Waals surface area contributed by atoms with E-state index in [1.165, 1.54) is 45.6 Å². The molecular weight excluding hydrogens is 365 g/mol. The Morgan fingerprint density at radius 3 is 1.96 bits per heavy atom. The zero-order valence-corrected chi connectivity index (χ0v) is 15.0. The lowest BCUT2D eigenvalue weighted by Crippen LogP contribution is -2.35. The van der Waals surface area contributed by atoms with Crippen LogP contribution >= 0.6 is 0 Å². The molecule has 1 atom stereocenters. The van der Waals surface area contributed by atoms with Gasteiger partial charge in [-0.05, 0) is 17.7 Å². The van der Waals surface area contributed by atoms with Crippen LogP contribution in [0.5, 0.6) is 17.2 Å². The fraction of sp³-hybridized carbons (Fsp3) is 0.316. The van der Waals surface area contributed by atoms with E-state index < -0.39 is 24.7 Å². The number of halogens is 3. The highest BCUT2D eigenvalue weighted by atomic mass is 19.4. The quantitative estimate of drug-likeness (QED) is 0.675. The average Bonchev–Trinajstić information content (AvgIpc) is 2.66. The molecule has 0 amide bonds. The molecule has 8 heteroatoms. The molecule has 0 aromatic heterocycles. The molecule has 0 unspecified atom stereocenters. The summed E-state index contributed by atoms with van der Waals surface area (Å²) in [6.07, 6.45) is -7.49. The second-order valence-corrected chi connectivity index (χ2v) is 5.54. The minimum atomic E-state index is -4.72. The molecule has 2 aromatic rings. The third kappa shape index (κ3) is 5.06. The van der Waals surface area contributed by atoms with Crippen LogP contribution in [0.4, 0.5) is 13.2 Å². The fourth-order valence-electron chi connectivity index (χ4n) is 2.45. The van der Waals surface area contributed by atoms with Crippen molar-refractivity contribution >= 4 is 5.97 Å². The van der Waals surface area contributed by atoms with Gasteiger partial charge in [-0.3, -0.25) is 0 Å². The number of ether oxygens (including phenoxy) is 4. The SMILES string of the molecule is COc1cc(C(=O)O[C@@H](Cc2ccccc2)C(F)(F)F)cc(OC)c1OC. The van der Waals surface area contributed by atoms with Crippen LogP contribution in [-0.2, 0) is 11.2 Å². The summed E-state index contributed by atoms with van der Waals surface area (Å²) in [4.78, 5) is 12.4. The number of benzene rings is 2. The van der Waals surface area contributed by atoms with Crippen molar-refractivity contribution in [2.75, 3.05) is 21.3 Å². The van der Waals surface area contributed by atoms with Gasteiger partial charge in [0.2, 0.25) is 11.9 Å². The van der Waals surface area contributed by atoms with E-state index >= 15 is 0 Å². The molecule has 0 aliphatic heterocycles. The van der Waals surface area contributed by atoms with Crippen molar-refractivity contribution in [2.24, 2.45) is 0 Å². The van der Waals surface area contributed by atoms with Gasteiger partial charge in [0, 0.05) is 6.42 Å². The lowest BCUT2D eigenvalue weighted by Gasteiger charge is -2.21. The molecule has 0 N–H and O–H groups in total. The molecule has 146 valence electrons. The first kappa shape index (κ1) is 20.4. The monoisotopic (exact) mass is 384 g/mol. The second-order valence-electron chi connectivity index (χ2n) is 5.54. The van der Waals surface area contributed by atoms with Gasteiger partial charge in [-0.2, -0.15) is 13.2 Å². The lowest BCUT2D eigenvalue weighted by molar-refractivity contribution is -0.203. The standard InChI is InChI=1S/C19H19F3O5/c1-24-14-10-13(11-15(25-2)17(14)26-3)18(23)27-16(19(20,21)22)9-12-7-5-4-6-8-12/h4-8,10-11,16H,9H2,1-3H3/t16-/m0/s1. The van der Waals surface area contributed by atoms with Crippen LogP contribution in [0.25, 0.3) is 0 Å². The van der Waals surface area contributed by atoms with Gasteiger partial charge in [0.1, 0.15) is 0 Å². The van der Waals surface area contributed by atoms with Crippen LogP contribution in [0.2, 0.25) is 0 Å². The van der Waals surface area contributed by atoms with Crippen LogP contribution in [0, 0.1) is 0 Å². The summed E-state index contributed by atoms with van der Waals surface area (Å²) in [6.45, 7) is 0. The smallest absolute Gasteiger partial charge is 0.425 e. The van der Waals surface area contributed by atoms with Gasteiger partial charge in [-0.1, -0.05) is 30.3 Å². The molecule has 27 heavy (non-hydrogen) atoms. The van der Waals surface area contributed by atoms with E-state index in [1.54, 1.807) is 18.2 Å². The van der Waals surface area contributed by atoms with Crippen molar-refractivity contribution in [1.29, 1.82) is 0 Å². The maximum atomic E-state index is 13.3. The molecule has 5 nitrogen and oxygen atoms in total. The van der Waals surface area contributed by atoms with Gasteiger partial charge in [0.25, 0.3) is 0 Å². The predicted octanol–water partition coefficient (Wildman–Crippen LogP) is 4.04. The highest BCUT2D eigenvalue weighted by Crippen LogP contribution is 2.38. The van der Waals surface area contributed by atoms with E-state index in [4.69, 9.17) is 18.9 Å². The normalized spacial score (nSPS) is 12.2. The first-order valence-corrected chi connectivity index (χ1v) is 7.91. The molecule has 0 spiro atoms. The van der Waals surface area contributed by atoms with E-state index in [-0.39, 0.29) is 22.8 Å². The topological polar surface area (TPSA) is 54.0 Å². The minimum absolute atomic E-state index is 0.135. The number of hydrogen-bond acceptors (Lipinski definition) is 5. The maximum Gasteiger partial charge on any atom is 0.425 e. The zero-order valence-electron chi connectivity index (χ0n) is 15.0. The molecule has 0 bridgehead atoms. The summed E-state index contributed by atoms with van der Waals surface area (Å²) in [5.41, 5.74) is 0.254. The average molecular weight is 384 g/mol. The van der Waals surface area contributed by atoms with Crippen molar-refractivity contribution in [3.63, 3.8) is 0 Å². The Morgan fingerprint density at radius 2 is 1.52 bits per heavy atom. The van der Waals surface area contributed by atoms with Gasteiger partial charge in [0.15, 0.2) is 11.5 Å². The molecule has 0 aliphatic rings. The number of methoxy groups -OCH3 is 3. The maximum absolute atomic E-state index is 13.3. The van der Waals surface area contributed by atoms with Crippen molar-refractivity contribution in [3.05, 3.63) is 53.6 Å². The Morgan fingerprint density at radius 1 is 0.963 bits per heavy atom. The van der Waals surface area contributed by atoms with Crippen LogP contribution in [0.3, 0.4) is 0 Å². The van der Waals surface area contributed by atoms with E-state index in [9.17, 15) is 18.0 Å². The van der Waals surface area contributed by atoms with Crippen LogP contribution in [-0.4, -0.2) is 39.6 Å². The summed E-state index contributed by atoms with van der Waals surface area (Å²) in [5, 5.41) is 0. The first-order valence-electron chi connectivity index (χ1n) is 7.91. The summed E-state index contributed by atoms with van der Waals surface area (Å²) in [7, 11) is 4.04. The summed E-state index contributed by atoms with van der Waals surface area (Å²) >= 11 is 0. The summed E-state index contributed by atoms with van der Waals surface area (Å²) < 4.78 is 60.1. The van der Waals surface area contributed by atoms with Gasteiger partial charge in [0.05, 0.1) is 26.9 Å². The van der Waals surface area contributed by atoms with Crippen LogP contribution in [0.1, 0.15) is 15.9 Å². The predicted molar refractivity (Wildman–Crippen MR) is 91.5 cm³/mol. The van der Waals surface area contributed by atoms with E-state index in [2.05, 4.69) is 0 Å². The molecule has 0 fully saturated rings. The third-order valence-electron chi connectivity index (χ3n) is 3.78. The molecule has 0 saturated heterocycles. The van der Waals surface area contributed by atoms with Crippen molar-refractivity contribution in [2.45, 2.75) is 18.7 Å². The molecule has 0 radical (unpaired) electrons. The van der Waals surface area contributed by atoms with E-state index in [0.717, 1.165) is 0 Å². The largest absolute Gasteiger partial charge is 0.493 e. The van der Waals surface area contributed by atoms with E-state index in [0.29, 0.717) is 5.56 Å². The number of alkyl halides is 3. The second kappa shape index (κ2) is 8.66. The van der Waals surface area contributed by atoms with Crippen LogP contribution < -0.4 is 14.2 Å². The van der Waals surface area contributed by atoms with Gasteiger partial charge < -0.3 is 18.9 Å². The Bertz CT molecular complexity index is 750. The van der Waals surface area contributed by atoms with Gasteiger partial charge in [-0.15, -0.1) is 0 Å². The summed E-state index contributed by atoms with van der Waals surface area (Å²) in [6, 6.07) is 10.5. The van der Waals surface area contributed by atoms with Crippen LogP contribution in [0.15, 0.2) is 42.5 Å². The van der Waals surface area contributed by atoms with Gasteiger partial charge >= 0.3 is 12.1 Å². The highest BCUT2D eigenvalue weighted by molar-refractivity contribution is 5.91. The first-order chi connectivity index (χ1) is 12.8. The number of carbonyl (C=O) groups excluding carboxylic acids is 1. The lowest BCUT2D eigenvalue weighted by atomic mass is 10.1. The number of hydrogen-bond donors (Lipinski definition) is 0. The Balaban J connectivity index is 2.29. The number of rotatable bonds is 7. The molecule has 0 aliphatic carbocycles. The minimum Gasteiger partial charge on any atom is -0.493 e. The molecule has 0 saturated carbocycles. The molecule has 0 heterocycles. The third-order valence-corrected chi connectivity index (χ3v) is 3.78. The number of esters is 1.